The quantitative estimate of drug-likeness (QED) is 0.838. The molecule has 4 rings (SSSR count). The van der Waals surface area contributed by atoms with Gasteiger partial charge in [0.2, 0.25) is 11.8 Å². The Morgan fingerprint density at radius 1 is 0.714 bits per heavy atom. The van der Waals surface area contributed by atoms with Gasteiger partial charge in [-0.2, -0.15) is 0 Å². The zero-order chi connectivity index (χ0) is 19.7. The second kappa shape index (κ2) is 7.27. The van der Waals surface area contributed by atoms with E-state index in [1.54, 1.807) is 46.2 Å². The van der Waals surface area contributed by atoms with Gasteiger partial charge in [0.1, 0.15) is 0 Å². The average Bonchev–Trinajstić information content (AvgIpc) is 3.30. The van der Waals surface area contributed by atoms with E-state index in [1.165, 1.54) is 12.1 Å². The Labute approximate surface area is 164 Å². The molecule has 2 amide bonds. The summed E-state index contributed by atoms with van der Waals surface area (Å²) in [6.07, 6.45) is 2.74. The summed E-state index contributed by atoms with van der Waals surface area (Å²) in [7, 11) is -3.74. The molecule has 2 aromatic carbocycles. The van der Waals surface area contributed by atoms with Gasteiger partial charge < -0.3 is 9.80 Å². The monoisotopic (exact) mass is 399 g/mol. The van der Waals surface area contributed by atoms with E-state index in [0.29, 0.717) is 37.3 Å². The average molecular weight is 399 g/mol. The smallest absolute Gasteiger partial charge is 0.261 e. The van der Waals surface area contributed by atoms with Crippen LogP contribution in [-0.4, -0.2) is 33.3 Å². The molecule has 2 aliphatic heterocycles. The highest BCUT2D eigenvalue weighted by atomic mass is 32.2. The molecule has 0 atom stereocenters. The van der Waals surface area contributed by atoms with Crippen LogP contribution in [-0.2, 0) is 19.6 Å². The lowest BCUT2D eigenvalue weighted by Gasteiger charge is -2.17. The molecule has 0 aromatic heterocycles. The number of carbonyl (C=O) groups excluding carboxylic acids is 2. The number of anilines is 3. The fraction of sp³-hybridized carbons (Fsp3) is 0.300. The molecular weight excluding hydrogens is 378 g/mol. The van der Waals surface area contributed by atoms with Crippen molar-refractivity contribution in [2.45, 2.75) is 30.6 Å². The van der Waals surface area contributed by atoms with E-state index in [2.05, 4.69) is 4.72 Å². The normalized spacial score (nSPS) is 17.4. The lowest BCUT2D eigenvalue weighted by atomic mass is 10.2. The predicted molar refractivity (Wildman–Crippen MR) is 107 cm³/mol. The van der Waals surface area contributed by atoms with Crippen LogP contribution in [0.4, 0.5) is 17.1 Å². The summed E-state index contributed by atoms with van der Waals surface area (Å²) in [5.74, 6) is 0.148. The van der Waals surface area contributed by atoms with Crippen molar-refractivity contribution in [1.29, 1.82) is 0 Å². The van der Waals surface area contributed by atoms with Gasteiger partial charge in [-0.1, -0.05) is 0 Å². The van der Waals surface area contributed by atoms with Crippen molar-refractivity contribution < 1.29 is 18.0 Å². The summed E-state index contributed by atoms with van der Waals surface area (Å²) in [5.41, 5.74) is 1.90. The summed E-state index contributed by atoms with van der Waals surface area (Å²) in [4.78, 5) is 27.1. The van der Waals surface area contributed by atoms with Crippen LogP contribution in [0, 0.1) is 0 Å². The van der Waals surface area contributed by atoms with Crippen LogP contribution in [0.1, 0.15) is 25.7 Å². The molecule has 146 valence electrons. The van der Waals surface area contributed by atoms with Crippen LogP contribution in [0.25, 0.3) is 0 Å². The van der Waals surface area contributed by atoms with Gasteiger partial charge in [0.05, 0.1) is 4.90 Å². The molecule has 0 saturated carbocycles. The maximum absolute atomic E-state index is 12.6. The molecule has 2 saturated heterocycles. The SMILES string of the molecule is O=C1CCCN1c1ccc(NS(=O)(=O)c2ccc(N3CCCC3=O)cc2)cc1. The van der Waals surface area contributed by atoms with Crippen molar-refractivity contribution >= 4 is 38.9 Å². The number of nitrogens with one attached hydrogen (secondary N) is 1. The molecule has 8 heteroatoms. The van der Waals surface area contributed by atoms with Gasteiger partial charge in [0, 0.05) is 43.0 Å². The number of nitrogens with zero attached hydrogens (tertiary/aromatic N) is 2. The topological polar surface area (TPSA) is 86.8 Å². The van der Waals surface area contributed by atoms with Gasteiger partial charge >= 0.3 is 0 Å². The van der Waals surface area contributed by atoms with E-state index >= 15 is 0 Å². The Morgan fingerprint density at radius 3 is 1.61 bits per heavy atom. The first kappa shape index (κ1) is 18.5. The molecular formula is C20H21N3O4S. The molecule has 1 N–H and O–H groups in total. The number of amides is 2. The van der Waals surface area contributed by atoms with Crippen molar-refractivity contribution in [3.8, 4) is 0 Å². The number of carbonyl (C=O) groups is 2. The maximum atomic E-state index is 12.6. The summed E-state index contributed by atoms with van der Waals surface area (Å²) < 4.78 is 27.8. The zero-order valence-corrected chi connectivity index (χ0v) is 16.1. The van der Waals surface area contributed by atoms with Crippen molar-refractivity contribution in [2.75, 3.05) is 27.6 Å². The second-order valence-corrected chi connectivity index (χ2v) is 8.63. The third-order valence-electron chi connectivity index (χ3n) is 5.04. The Morgan fingerprint density at radius 2 is 1.18 bits per heavy atom. The molecule has 28 heavy (non-hydrogen) atoms. The highest BCUT2D eigenvalue weighted by Gasteiger charge is 2.23. The largest absolute Gasteiger partial charge is 0.312 e. The van der Waals surface area contributed by atoms with Crippen LogP contribution in [0.2, 0.25) is 0 Å². The second-order valence-electron chi connectivity index (χ2n) is 6.94. The van der Waals surface area contributed by atoms with Crippen molar-refractivity contribution in [1.82, 2.24) is 0 Å². The van der Waals surface area contributed by atoms with E-state index in [1.807, 2.05) is 0 Å². The Hall–Kier alpha value is -2.87. The molecule has 2 aliphatic rings. The molecule has 2 heterocycles. The highest BCUT2D eigenvalue weighted by molar-refractivity contribution is 7.92. The van der Waals surface area contributed by atoms with Crippen molar-refractivity contribution in [3.05, 3.63) is 48.5 Å². The van der Waals surface area contributed by atoms with Gasteiger partial charge in [0.15, 0.2) is 0 Å². The van der Waals surface area contributed by atoms with Crippen molar-refractivity contribution in [2.24, 2.45) is 0 Å². The molecule has 7 nitrogen and oxygen atoms in total. The Bertz CT molecular complexity index is 1000. The molecule has 0 aliphatic carbocycles. The van der Waals surface area contributed by atoms with Gasteiger partial charge in [-0.15, -0.1) is 0 Å². The minimum atomic E-state index is -3.74. The fourth-order valence-electron chi connectivity index (χ4n) is 3.57. The molecule has 0 radical (unpaired) electrons. The van der Waals surface area contributed by atoms with Gasteiger partial charge in [0.25, 0.3) is 10.0 Å². The predicted octanol–water partition coefficient (Wildman–Crippen LogP) is 2.74. The summed E-state index contributed by atoms with van der Waals surface area (Å²) in [6.45, 7) is 1.35. The van der Waals surface area contributed by atoms with E-state index < -0.39 is 10.0 Å². The zero-order valence-electron chi connectivity index (χ0n) is 15.3. The molecule has 0 spiro atoms. The van der Waals surface area contributed by atoms with Crippen molar-refractivity contribution in [3.63, 3.8) is 0 Å². The van der Waals surface area contributed by atoms with Crippen LogP contribution in [0.15, 0.2) is 53.4 Å². The lowest BCUT2D eigenvalue weighted by molar-refractivity contribution is -0.117. The molecule has 2 fully saturated rings. The van der Waals surface area contributed by atoms with Gasteiger partial charge in [-0.25, -0.2) is 8.42 Å². The molecule has 2 aromatic rings. The third-order valence-corrected chi connectivity index (χ3v) is 6.43. The molecule has 0 unspecified atom stereocenters. The first-order chi connectivity index (χ1) is 13.4. The minimum absolute atomic E-state index is 0.0605. The first-order valence-electron chi connectivity index (χ1n) is 9.28. The number of benzene rings is 2. The Kier molecular flexibility index (Phi) is 4.80. The highest BCUT2D eigenvalue weighted by Crippen LogP contribution is 2.26. The number of rotatable bonds is 5. The fourth-order valence-corrected chi connectivity index (χ4v) is 4.63. The third kappa shape index (κ3) is 3.60. The van der Waals surface area contributed by atoms with Crippen LogP contribution >= 0.6 is 0 Å². The Balaban J connectivity index is 1.48. The van der Waals surface area contributed by atoms with Gasteiger partial charge in [-0.3, -0.25) is 14.3 Å². The number of hydrogen-bond acceptors (Lipinski definition) is 4. The standard InChI is InChI=1S/C20H21N3O4S/c24-19-3-1-13-22(19)16-7-5-15(6-8-16)21-28(26,27)18-11-9-17(10-12-18)23-14-2-4-20(23)25/h5-12,21H,1-4,13-14H2. The summed E-state index contributed by atoms with van der Waals surface area (Å²) >= 11 is 0. The van der Waals surface area contributed by atoms with Crippen LogP contribution < -0.4 is 14.5 Å². The van der Waals surface area contributed by atoms with Gasteiger partial charge in [-0.05, 0) is 61.4 Å². The maximum Gasteiger partial charge on any atom is 0.261 e. The van der Waals surface area contributed by atoms with E-state index in [9.17, 15) is 18.0 Å². The minimum Gasteiger partial charge on any atom is -0.312 e. The molecule has 0 bridgehead atoms. The number of sulfonamides is 1. The van der Waals surface area contributed by atoms with E-state index in [-0.39, 0.29) is 16.7 Å². The van der Waals surface area contributed by atoms with Crippen LogP contribution in [0.3, 0.4) is 0 Å². The van der Waals surface area contributed by atoms with E-state index in [0.717, 1.165) is 18.5 Å². The summed E-state index contributed by atoms with van der Waals surface area (Å²) in [5, 5.41) is 0. The first-order valence-corrected chi connectivity index (χ1v) is 10.8. The van der Waals surface area contributed by atoms with E-state index in [4.69, 9.17) is 0 Å². The lowest BCUT2D eigenvalue weighted by Crippen LogP contribution is -2.23. The summed E-state index contributed by atoms with van der Waals surface area (Å²) in [6, 6.07) is 13.1. The number of hydrogen-bond donors (Lipinski definition) is 1. The van der Waals surface area contributed by atoms with Crippen LogP contribution in [0.5, 0.6) is 0 Å².